The van der Waals surface area contributed by atoms with Crippen molar-refractivity contribution < 1.29 is 0 Å². The highest BCUT2D eigenvalue weighted by atomic mass is 16.1. The van der Waals surface area contributed by atoms with Crippen LogP contribution in [-0.2, 0) is 19.6 Å². The Hall–Kier alpha value is -3.60. The zero-order chi connectivity index (χ0) is 23.7. The van der Waals surface area contributed by atoms with Gasteiger partial charge in [-0.1, -0.05) is 62.4 Å². The highest BCUT2D eigenvalue weighted by molar-refractivity contribution is 5.77. The molecule has 5 nitrogen and oxygen atoms in total. The SMILES string of the molecule is Cc1ccccc1Cn1c(=O)n(Cc2nc3ccccc3n2CCCC(C)C)c2ccccc21. The predicted octanol–water partition coefficient (Wildman–Crippen LogP) is 5.99. The van der Waals surface area contributed by atoms with Crippen LogP contribution in [0.25, 0.3) is 22.1 Å². The van der Waals surface area contributed by atoms with Crippen molar-refractivity contribution in [1.82, 2.24) is 18.7 Å². The third-order valence-corrected chi connectivity index (χ3v) is 6.71. The van der Waals surface area contributed by atoms with Crippen LogP contribution in [0.4, 0.5) is 0 Å². The number of hydrogen-bond acceptors (Lipinski definition) is 2. The van der Waals surface area contributed by atoms with Crippen LogP contribution in [0.15, 0.2) is 77.6 Å². The fourth-order valence-corrected chi connectivity index (χ4v) is 4.83. The van der Waals surface area contributed by atoms with E-state index in [-0.39, 0.29) is 5.69 Å². The third kappa shape index (κ3) is 4.18. The van der Waals surface area contributed by atoms with Gasteiger partial charge in [0.15, 0.2) is 0 Å². The van der Waals surface area contributed by atoms with E-state index in [0.29, 0.717) is 19.0 Å². The van der Waals surface area contributed by atoms with Gasteiger partial charge in [0.2, 0.25) is 0 Å². The number of imidazole rings is 2. The minimum Gasteiger partial charge on any atom is -0.326 e. The lowest BCUT2D eigenvalue weighted by Gasteiger charge is -2.11. The van der Waals surface area contributed by atoms with Crippen LogP contribution in [0, 0.1) is 12.8 Å². The van der Waals surface area contributed by atoms with Gasteiger partial charge in [0.05, 0.1) is 35.2 Å². The van der Waals surface area contributed by atoms with Crippen molar-refractivity contribution in [2.24, 2.45) is 5.92 Å². The Morgan fingerprint density at radius 2 is 1.38 bits per heavy atom. The summed E-state index contributed by atoms with van der Waals surface area (Å²) in [6, 6.07) is 24.6. The van der Waals surface area contributed by atoms with Gasteiger partial charge in [-0.25, -0.2) is 9.78 Å². The molecule has 3 aromatic carbocycles. The largest absolute Gasteiger partial charge is 0.329 e. The van der Waals surface area contributed by atoms with E-state index >= 15 is 0 Å². The molecule has 2 heterocycles. The molecule has 34 heavy (non-hydrogen) atoms. The van der Waals surface area contributed by atoms with Gasteiger partial charge in [0, 0.05) is 6.54 Å². The monoisotopic (exact) mass is 452 g/mol. The summed E-state index contributed by atoms with van der Waals surface area (Å²) in [6.07, 6.45) is 2.26. The molecule has 0 aliphatic rings. The van der Waals surface area contributed by atoms with E-state index in [1.54, 1.807) is 0 Å². The molecule has 0 aliphatic heterocycles. The van der Waals surface area contributed by atoms with Crippen molar-refractivity contribution in [3.63, 3.8) is 0 Å². The van der Waals surface area contributed by atoms with E-state index in [2.05, 4.69) is 55.7 Å². The normalized spacial score (nSPS) is 11.8. The second kappa shape index (κ2) is 9.34. The molecule has 0 unspecified atom stereocenters. The lowest BCUT2D eigenvalue weighted by Crippen LogP contribution is -2.26. The molecule has 0 radical (unpaired) electrons. The van der Waals surface area contributed by atoms with Gasteiger partial charge in [0.1, 0.15) is 5.82 Å². The molecule has 0 N–H and O–H groups in total. The Kier molecular flexibility index (Phi) is 6.10. The first-order valence-corrected chi connectivity index (χ1v) is 12.2. The molecule has 0 fully saturated rings. The first-order chi connectivity index (χ1) is 16.5. The number of fused-ring (bicyclic) bond motifs is 2. The second-order valence-corrected chi connectivity index (χ2v) is 9.57. The Labute approximate surface area is 200 Å². The molecular formula is C29H32N4O. The summed E-state index contributed by atoms with van der Waals surface area (Å²) in [4.78, 5) is 18.7. The number of rotatable bonds is 8. The minimum atomic E-state index is 0.00485. The molecule has 0 atom stereocenters. The molecule has 0 saturated heterocycles. The van der Waals surface area contributed by atoms with E-state index in [1.807, 2.05) is 51.6 Å². The highest BCUT2D eigenvalue weighted by Crippen LogP contribution is 2.21. The van der Waals surface area contributed by atoms with Crippen LogP contribution in [0.3, 0.4) is 0 Å². The Balaban J connectivity index is 1.58. The molecule has 0 bridgehead atoms. The maximum absolute atomic E-state index is 13.7. The summed E-state index contributed by atoms with van der Waals surface area (Å²) >= 11 is 0. The Morgan fingerprint density at radius 1 is 0.765 bits per heavy atom. The average molecular weight is 453 g/mol. The van der Waals surface area contributed by atoms with Gasteiger partial charge in [-0.2, -0.15) is 0 Å². The van der Waals surface area contributed by atoms with Crippen molar-refractivity contribution in [2.75, 3.05) is 0 Å². The van der Waals surface area contributed by atoms with E-state index in [4.69, 9.17) is 4.98 Å². The van der Waals surface area contributed by atoms with Crippen molar-refractivity contribution in [2.45, 2.75) is 53.2 Å². The molecule has 0 spiro atoms. The number of benzene rings is 3. The van der Waals surface area contributed by atoms with E-state index in [1.165, 1.54) is 12.0 Å². The molecule has 5 heteroatoms. The van der Waals surface area contributed by atoms with Gasteiger partial charge in [-0.3, -0.25) is 9.13 Å². The summed E-state index contributed by atoms with van der Waals surface area (Å²) in [5, 5.41) is 0. The fraction of sp³-hybridized carbons (Fsp3) is 0.310. The summed E-state index contributed by atoms with van der Waals surface area (Å²) in [6.45, 7) is 8.54. The lowest BCUT2D eigenvalue weighted by atomic mass is 10.1. The molecule has 2 aromatic heterocycles. The smallest absolute Gasteiger partial charge is 0.326 e. The summed E-state index contributed by atoms with van der Waals surface area (Å²) < 4.78 is 6.08. The molecule has 0 amide bonds. The number of nitrogens with zero attached hydrogens (tertiary/aromatic N) is 4. The van der Waals surface area contributed by atoms with Crippen LogP contribution in [0.5, 0.6) is 0 Å². The lowest BCUT2D eigenvalue weighted by molar-refractivity contribution is 0.505. The van der Waals surface area contributed by atoms with Gasteiger partial charge in [0.25, 0.3) is 0 Å². The summed E-state index contributed by atoms with van der Waals surface area (Å²) in [7, 11) is 0. The van der Waals surface area contributed by atoms with E-state index in [0.717, 1.165) is 46.4 Å². The average Bonchev–Trinajstić information content (AvgIpc) is 3.31. The van der Waals surface area contributed by atoms with Crippen molar-refractivity contribution in [3.05, 3.63) is 100 Å². The number of para-hydroxylation sites is 4. The maximum Gasteiger partial charge on any atom is 0.329 e. The van der Waals surface area contributed by atoms with Crippen LogP contribution < -0.4 is 5.69 Å². The van der Waals surface area contributed by atoms with Crippen molar-refractivity contribution in [3.8, 4) is 0 Å². The molecular weight excluding hydrogens is 420 g/mol. The molecule has 0 aliphatic carbocycles. The van der Waals surface area contributed by atoms with E-state index in [9.17, 15) is 4.79 Å². The number of aromatic nitrogens is 4. The maximum atomic E-state index is 13.7. The standard InChI is InChI=1S/C29H32N4O/c1-21(2)11-10-18-31-25-15-7-6-14-24(25)30-28(31)20-33-27-17-9-8-16-26(27)32(29(33)34)19-23-13-5-4-12-22(23)3/h4-9,12-17,21H,10-11,18-20H2,1-3H3. The number of aryl methyl sites for hydroxylation is 2. The molecule has 0 saturated carbocycles. The Bertz CT molecular complexity index is 1500. The van der Waals surface area contributed by atoms with Gasteiger partial charge in [-0.15, -0.1) is 0 Å². The molecule has 174 valence electrons. The second-order valence-electron chi connectivity index (χ2n) is 9.57. The van der Waals surface area contributed by atoms with Gasteiger partial charge < -0.3 is 4.57 Å². The fourth-order valence-electron chi connectivity index (χ4n) is 4.83. The van der Waals surface area contributed by atoms with E-state index < -0.39 is 0 Å². The van der Waals surface area contributed by atoms with Crippen molar-refractivity contribution >= 4 is 22.1 Å². The third-order valence-electron chi connectivity index (χ3n) is 6.71. The summed E-state index contributed by atoms with van der Waals surface area (Å²) in [5.74, 6) is 1.60. The quantitative estimate of drug-likeness (QED) is 0.290. The molecule has 5 rings (SSSR count). The van der Waals surface area contributed by atoms with Crippen LogP contribution >= 0.6 is 0 Å². The van der Waals surface area contributed by atoms with Crippen LogP contribution in [0.2, 0.25) is 0 Å². The van der Waals surface area contributed by atoms with Crippen LogP contribution in [-0.4, -0.2) is 18.7 Å². The first-order valence-electron chi connectivity index (χ1n) is 12.2. The van der Waals surface area contributed by atoms with Gasteiger partial charge >= 0.3 is 5.69 Å². The zero-order valence-corrected chi connectivity index (χ0v) is 20.2. The van der Waals surface area contributed by atoms with Crippen LogP contribution in [0.1, 0.15) is 43.6 Å². The van der Waals surface area contributed by atoms with Crippen molar-refractivity contribution in [1.29, 1.82) is 0 Å². The summed E-state index contributed by atoms with van der Waals surface area (Å²) in [5.41, 5.74) is 6.38. The predicted molar refractivity (Wildman–Crippen MR) is 139 cm³/mol. The zero-order valence-electron chi connectivity index (χ0n) is 20.2. The minimum absolute atomic E-state index is 0.00485. The van der Waals surface area contributed by atoms with Gasteiger partial charge in [-0.05, 0) is 61.1 Å². The molecule has 5 aromatic rings. The topological polar surface area (TPSA) is 44.8 Å². The first kappa shape index (κ1) is 22.2. The highest BCUT2D eigenvalue weighted by Gasteiger charge is 2.17. The Morgan fingerprint density at radius 3 is 2.09 bits per heavy atom. The number of hydrogen-bond donors (Lipinski definition) is 0.